The van der Waals surface area contributed by atoms with Crippen LogP contribution in [-0.2, 0) is 9.53 Å². The lowest BCUT2D eigenvalue weighted by molar-refractivity contribution is -0.140. The summed E-state index contributed by atoms with van der Waals surface area (Å²) in [6.07, 6.45) is 3.78. The molecule has 114 valence electrons. The van der Waals surface area contributed by atoms with Crippen LogP contribution in [0.5, 0.6) is 0 Å². The van der Waals surface area contributed by atoms with Crippen LogP contribution in [0.15, 0.2) is 0 Å². The quantitative estimate of drug-likeness (QED) is 0.795. The summed E-state index contributed by atoms with van der Waals surface area (Å²) in [7, 11) is 1.89. The van der Waals surface area contributed by atoms with Crippen LogP contribution in [0.1, 0.15) is 25.7 Å². The van der Waals surface area contributed by atoms with Gasteiger partial charge in [0, 0.05) is 32.6 Å². The number of hydrogen-bond donors (Lipinski definition) is 2. The lowest BCUT2D eigenvalue weighted by Gasteiger charge is -2.48. The second kappa shape index (κ2) is 8.27. The van der Waals surface area contributed by atoms with Gasteiger partial charge in [-0.05, 0) is 19.3 Å². The molecule has 19 heavy (non-hydrogen) atoms. The fourth-order valence-electron chi connectivity index (χ4n) is 2.62. The summed E-state index contributed by atoms with van der Waals surface area (Å²) < 4.78 is 5.36. The van der Waals surface area contributed by atoms with Gasteiger partial charge < -0.3 is 20.7 Å². The molecular weight excluding hydrogens is 289 g/mol. The SMILES string of the molecule is CN(C(=O)CC1COCCN1)C1(CN)CCC1.Cl.Cl. The number of likely N-dealkylation sites (N-methyl/N-ethyl adjacent to an activating group) is 1. The molecule has 2 rings (SSSR count). The van der Waals surface area contributed by atoms with Crippen LogP contribution in [0.3, 0.4) is 0 Å². The molecule has 0 spiro atoms. The minimum absolute atomic E-state index is 0. The third-order valence-electron chi connectivity index (χ3n) is 4.17. The van der Waals surface area contributed by atoms with Crippen LogP contribution >= 0.6 is 24.8 Å². The van der Waals surface area contributed by atoms with Gasteiger partial charge in [-0.25, -0.2) is 0 Å². The van der Waals surface area contributed by atoms with E-state index in [9.17, 15) is 4.79 Å². The van der Waals surface area contributed by atoms with Gasteiger partial charge >= 0.3 is 0 Å². The van der Waals surface area contributed by atoms with Gasteiger partial charge in [-0.3, -0.25) is 4.79 Å². The lowest BCUT2D eigenvalue weighted by Crippen LogP contribution is -2.59. The van der Waals surface area contributed by atoms with Crippen molar-refractivity contribution in [3.63, 3.8) is 0 Å². The van der Waals surface area contributed by atoms with Crippen LogP contribution in [0.4, 0.5) is 0 Å². The number of rotatable bonds is 4. The minimum Gasteiger partial charge on any atom is -0.378 e. The molecule has 3 N–H and O–H groups in total. The molecule has 5 nitrogen and oxygen atoms in total. The maximum Gasteiger partial charge on any atom is 0.224 e. The van der Waals surface area contributed by atoms with Gasteiger partial charge in [0.2, 0.25) is 5.91 Å². The zero-order chi connectivity index (χ0) is 12.3. The largest absolute Gasteiger partial charge is 0.378 e. The van der Waals surface area contributed by atoms with Gasteiger partial charge in [0.15, 0.2) is 0 Å². The van der Waals surface area contributed by atoms with Crippen molar-refractivity contribution >= 4 is 30.7 Å². The van der Waals surface area contributed by atoms with E-state index in [1.54, 1.807) is 0 Å². The van der Waals surface area contributed by atoms with E-state index < -0.39 is 0 Å². The smallest absolute Gasteiger partial charge is 0.224 e. The Labute approximate surface area is 127 Å². The molecule has 0 aromatic heterocycles. The molecule has 1 amide bonds. The number of nitrogens with zero attached hydrogens (tertiary/aromatic N) is 1. The molecule has 1 atom stereocenters. The van der Waals surface area contributed by atoms with Crippen molar-refractivity contribution in [2.75, 3.05) is 33.4 Å². The van der Waals surface area contributed by atoms with Gasteiger partial charge in [0.25, 0.3) is 0 Å². The first-order chi connectivity index (χ1) is 8.18. The fraction of sp³-hybridized carbons (Fsp3) is 0.917. The van der Waals surface area contributed by atoms with Crippen LogP contribution in [0.25, 0.3) is 0 Å². The van der Waals surface area contributed by atoms with Crippen molar-refractivity contribution in [2.24, 2.45) is 5.73 Å². The van der Waals surface area contributed by atoms with Crippen molar-refractivity contribution < 1.29 is 9.53 Å². The number of hydrogen-bond acceptors (Lipinski definition) is 4. The van der Waals surface area contributed by atoms with Gasteiger partial charge in [-0.15, -0.1) is 24.8 Å². The molecule has 1 saturated carbocycles. The molecule has 0 aromatic rings. The summed E-state index contributed by atoms with van der Waals surface area (Å²) in [6, 6.07) is 0.161. The number of nitrogens with two attached hydrogens (primary N) is 1. The highest BCUT2D eigenvalue weighted by Gasteiger charge is 2.41. The first kappa shape index (κ1) is 18.9. The Balaban J connectivity index is 0.00000162. The van der Waals surface area contributed by atoms with E-state index in [4.69, 9.17) is 10.5 Å². The zero-order valence-corrected chi connectivity index (χ0v) is 13.0. The molecule has 2 aliphatic rings. The lowest BCUT2D eigenvalue weighted by atomic mass is 9.75. The van der Waals surface area contributed by atoms with Crippen LogP contribution in [0.2, 0.25) is 0 Å². The van der Waals surface area contributed by atoms with Gasteiger partial charge in [-0.1, -0.05) is 0 Å². The molecule has 7 heteroatoms. The topological polar surface area (TPSA) is 67.6 Å². The maximum absolute atomic E-state index is 12.2. The molecule has 2 fully saturated rings. The zero-order valence-electron chi connectivity index (χ0n) is 11.4. The second-order valence-corrected chi connectivity index (χ2v) is 5.16. The highest BCUT2D eigenvalue weighted by atomic mass is 35.5. The average Bonchev–Trinajstić information content (AvgIpc) is 2.29. The Bertz CT molecular complexity index is 277. The first-order valence-corrected chi connectivity index (χ1v) is 6.46. The minimum atomic E-state index is -0.0629. The standard InChI is InChI=1S/C12H23N3O2.2ClH/c1-15(12(9-13)3-2-4-12)11(16)7-10-8-17-6-5-14-10;;/h10,14H,2-9,13H2,1H3;2*1H. The number of carbonyl (C=O) groups is 1. The molecule has 0 bridgehead atoms. The molecule has 1 aliphatic carbocycles. The predicted octanol–water partition coefficient (Wildman–Crippen LogP) is 0.548. The Morgan fingerprint density at radius 1 is 1.47 bits per heavy atom. The molecule has 1 aliphatic heterocycles. The molecular formula is C12H25Cl2N3O2. The van der Waals surface area contributed by atoms with E-state index in [1.165, 1.54) is 6.42 Å². The number of halogens is 2. The molecule has 1 saturated heterocycles. The summed E-state index contributed by atoms with van der Waals surface area (Å²) in [5, 5.41) is 3.31. The highest BCUT2D eigenvalue weighted by molar-refractivity contribution is 5.85. The third kappa shape index (κ3) is 4.20. The number of carbonyl (C=O) groups excluding carboxylic acids is 1. The van der Waals surface area contributed by atoms with Crippen LogP contribution in [-0.4, -0.2) is 55.7 Å². The van der Waals surface area contributed by atoms with E-state index in [0.717, 1.165) is 26.0 Å². The van der Waals surface area contributed by atoms with Crippen LogP contribution in [0, 0.1) is 0 Å². The first-order valence-electron chi connectivity index (χ1n) is 6.46. The predicted molar refractivity (Wildman–Crippen MR) is 80.1 cm³/mol. The Morgan fingerprint density at radius 3 is 2.58 bits per heavy atom. The normalized spacial score (nSPS) is 24.4. The number of amides is 1. The molecule has 0 radical (unpaired) electrons. The number of morpholine rings is 1. The second-order valence-electron chi connectivity index (χ2n) is 5.16. The average molecular weight is 314 g/mol. The van der Waals surface area contributed by atoms with Gasteiger partial charge in [0.05, 0.1) is 18.8 Å². The van der Waals surface area contributed by atoms with E-state index in [0.29, 0.717) is 19.6 Å². The summed E-state index contributed by atoms with van der Waals surface area (Å²) in [5.74, 6) is 0.179. The van der Waals surface area contributed by atoms with Crippen molar-refractivity contribution in [1.29, 1.82) is 0 Å². The molecule has 1 heterocycles. The van der Waals surface area contributed by atoms with E-state index in [1.807, 2.05) is 11.9 Å². The summed E-state index contributed by atoms with van der Waals surface area (Å²) in [5.41, 5.74) is 5.74. The summed E-state index contributed by atoms with van der Waals surface area (Å²) in [6.45, 7) is 2.79. The number of ether oxygens (including phenoxy) is 1. The van der Waals surface area contributed by atoms with Gasteiger partial charge in [0.1, 0.15) is 0 Å². The third-order valence-corrected chi connectivity index (χ3v) is 4.17. The molecule has 1 unspecified atom stereocenters. The Kier molecular flexibility index (Phi) is 8.24. The van der Waals surface area contributed by atoms with Crippen molar-refractivity contribution in [3.8, 4) is 0 Å². The van der Waals surface area contributed by atoms with Crippen LogP contribution < -0.4 is 11.1 Å². The summed E-state index contributed by atoms with van der Waals surface area (Å²) in [4.78, 5) is 14.1. The van der Waals surface area contributed by atoms with Crippen molar-refractivity contribution in [2.45, 2.75) is 37.3 Å². The monoisotopic (exact) mass is 313 g/mol. The van der Waals surface area contributed by atoms with E-state index in [-0.39, 0.29) is 42.3 Å². The molecule has 0 aromatic carbocycles. The number of nitrogens with one attached hydrogen (secondary N) is 1. The summed E-state index contributed by atoms with van der Waals surface area (Å²) >= 11 is 0. The van der Waals surface area contributed by atoms with E-state index in [2.05, 4.69) is 5.32 Å². The van der Waals surface area contributed by atoms with Gasteiger partial charge in [-0.2, -0.15) is 0 Å². The van der Waals surface area contributed by atoms with Crippen molar-refractivity contribution in [3.05, 3.63) is 0 Å². The van der Waals surface area contributed by atoms with Crippen molar-refractivity contribution in [1.82, 2.24) is 10.2 Å². The maximum atomic E-state index is 12.2. The Morgan fingerprint density at radius 2 is 2.16 bits per heavy atom. The highest BCUT2D eigenvalue weighted by Crippen LogP contribution is 2.36. The Hall–Kier alpha value is -0.0700. The fourth-order valence-corrected chi connectivity index (χ4v) is 2.62. The van der Waals surface area contributed by atoms with E-state index >= 15 is 0 Å².